The first-order chi connectivity index (χ1) is 12.5. The van der Waals surface area contributed by atoms with Gasteiger partial charge in [-0.25, -0.2) is 0 Å². The van der Waals surface area contributed by atoms with E-state index in [-0.39, 0.29) is 24.5 Å². The Morgan fingerprint density at radius 3 is 2.08 bits per heavy atom. The van der Waals surface area contributed by atoms with Crippen LogP contribution in [0, 0.1) is 0 Å². The van der Waals surface area contributed by atoms with Crippen LogP contribution in [0.4, 0.5) is 0 Å². The van der Waals surface area contributed by atoms with E-state index in [0.29, 0.717) is 18.7 Å². The van der Waals surface area contributed by atoms with Crippen LogP contribution < -0.4 is 4.74 Å². The maximum atomic E-state index is 12.3. The zero-order valence-corrected chi connectivity index (χ0v) is 15.8. The Morgan fingerprint density at radius 2 is 1.50 bits per heavy atom. The Kier molecular flexibility index (Phi) is 7.39. The number of hydrogen-bond donors (Lipinski definition) is 0. The largest absolute Gasteiger partial charge is 0.494 e. The van der Waals surface area contributed by atoms with Gasteiger partial charge in [-0.1, -0.05) is 43.3 Å². The second-order valence-corrected chi connectivity index (χ2v) is 6.30. The first kappa shape index (κ1) is 19.7. The molecule has 0 aliphatic carbocycles. The SMILES string of the molecule is CCOc1ccc(CN(C)C(=O)CCC(=O)c2ccc(CC)cc2)cc1. The number of benzene rings is 2. The predicted octanol–water partition coefficient (Wildman–Crippen LogP) is 4.27. The van der Waals surface area contributed by atoms with Gasteiger partial charge in [-0.15, -0.1) is 0 Å². The van der Waals surface area contributed by atoms with Crippen LogP contribution in [0.25, 0.3) is 0 Å². The minimum Gasteiger partial charge on any atom is -0.494 e. The fourth-order valence-corrected chi connectivity index (χ4v) is 2.70. The number of amides is 1. The topological polar surface area (TPSA) is 46.6 Å². The van der Waals surface area contributed by atoms with Crippen LogP contribution in [0.5, 0.6) is 5.75 Å². The summed E-state index contributed by atoms with van der Waals surface area (Å²) >= 11 is 0. The Balaban J connectivity index is 1.83. The molecule has 2 aromatic rings. The highest BCUT2D eigenvalue weighted by molar-refractivity contribution is 5.97. The number of aryl methyl sites for hydroxylation is 1. The van der Waals surface area contributed by atoms with Crippen LogP contribution in [-0.2, 0) is 17.8 Å². The third-order valence-corrected chi connectivity index (χ3v) is 4.33. The summed E-state index contributed by atoms with van der Waals surface area (Å²) in [6.07, 6.45) is 1.41. The number of rotatable bonds is 9. The monoisotopic (exact) mass is 353 g/mol. The number of carbonyl (C=O) groups excluding carboxylic acids is 2. The van der Waals surface area contributed by atoms with Gasteiger partial charge in [0.25, 0.3) is 0 Å². The minimum absolute atomic E-state index is 0.00969. The van der Waals surface area contributed by atoms with Crippen LogP contribution >= 0.6 is 0 Å². The standard InChI is InChI=1S/C22H27NO3/c1-4-17-6-10-19(11-7-17)21(24)14-15-22(25)23(3)16-18-8-12-20(13-9-18)26-5-2/h6-13H,4-5,14-16H2,1-3H3. The molecule has 138 valence electrons. The van der Waals surface area contributed by atoms with E-state index in [9.17, 15) is 9.59 Å². The predicted molar refractivity (Wildman–Crippen MR) is 103 cm³/mol. The molecule has 0 heterocycles. The number of nitrogens with zero attached hydrogens (tertiary/aromatic N) is 1. The van der Waals surface area contributed by atoms with Crippen molar-refractivity contribution in [1.29, 1.82) is 0 Å². The van der Waals surface area contributed by atoms with Crippen LogP contribution in [0.15, 0.2) is 48.5 Å². The summed E-state index contributed by atoms with van der Waals surface area (Å²) in [4.78, 5) is 26.2. The molecule has 0 atom stereocenters. The van der Waals surface area contributed by atoms with E-state index >= 15 is 0 Å². The Labute approximate surface area is 155 Å². The van der Waals surface area contributed by atoms with Gasteiger partial charge in [0, 0.05) is 32.0 Å². The molecule has 0 fully saturated rings. The second kappa shape index (κ2) is 9.76. The maximum Gasteiger partial charge on any atom is 0.223 e. The summed E-state index contributed by atoms with van der Waals surface area (Å²) in [6.45, 7) is 5.17. The number of ketones is 1. The van der Waals surface area contributed by atoms with Crippen LogP contribution in [-0.4, -0.2) is 30.2 Å². The van der Waals surface area contributed by atoms with E-state index in [1.807, 2.05) is 55.5 Å². The molecule has 4 heteroatoms. The summed E-state index contributed by atoms with van der Waals surface area (Å²) < 4.78 is 5.42. The molecule has 0 saturated heterocycles. The third-order valence-electron chi connectivity index (χ3n) is 4.33. The van der Waals surface area contributed by atoms with Gasteiger partial charge < -0.3 is 9.64 Å². The van der Waals surface area contributed by atoms with E-state index in [0.717, 1.165) is 17.7 Å². The molecule has 0 radical (unpaired) electrons. The first-order valence-electron chi connectivity index (χ1n) is 9.11. The maximum absolute atomic E-state index is 12.3. The smallest absolute Gasteiger partial charge is 0.223 e. The molecule has 0 aliphatic rings. The summed E-state index contributed by atoms with van der Waals surface area (Å²) in [5.41, 5.74) is 2.91. The number of Topliss-reactive ketones (excluding diaryl/α,β-unsaturated/α-hetero) is 1. The van der Waals surface area contributed by atoms with Crippen LogP contribution in [0.3, 0.4) is 0 Å². The summed E-state index contributed by atoms with van der Waals surface area (Å²) in [5, 5.41) is 0. The lowest BCUT2D eigenvalue weighted by molar-refractivity contribution is -0.130. The van der Waals surface area contributed by atoms with Crippen molar-refractivity contribution in [2.24, 2.45) is 0 Å². The molecular formula is C22H27NO3. The average Bonchev–Trinajstić information content (AvgIpc) is 2.67. The Bertz CT molecular complexity index is 720. The highest BCUT2D eigenvalue weighted by Crippen LogP contribution is 2.14. The van der Waals surface area contributed by atoms with E-state index in [4.69, 9.17) is 4.74 Å². The molecular weight excluding hydrogens is 326 g/mol. The van der Waals surface area contributed by atoms with Crippen molar-refractivity contribution >= 4 is 11.7 Å². The van der Waals surface area contributed by atoms with Gasteiger partial charge in [0.15, 0.2) is 5.78 Å². The summed E-state index contributed by atoms with van der Waals surface area (Å²) in [6, 6.07) is 15.3. The van der Waals surface area contributed by atoms with E-state index < -0.39 is 0 Å². The lowest BCUT2D eigenvalue weighted by atomic mass is 10.0. The second-order valence-electron chi connectivity index (χ2n) is 6.30. The molecule has 2 aromatic carbocycles. The van der Waals surface area contributed by atoms with Crippen molar-refractivity contribution in [3.63, 3.8) is 0 Å². The third kappa shape index (κ3) is 5.73. The van der Waals surface area contributed by atoms with Gasteiger partial charge in [-0.2, -0.15) is 0 Å². The molecule has 0 N–H and O–H groups in total. The molecule has 0 unspecified atom stereocenters. The number of carbonyl (C=O) groups is 2. The first-order valence-corrected chi connectivity index (χ1v) is 9.11. The van der Waals surface area contributed by atoms with E-state index in [1.54, 1.807) is 11.9 Å². The molecule has 0 aliphatic heterocycles. The molecule has 0 aromatic heterocycles. The molecule has 0 spiro atoms. The fraction of sp³-hybridized carbons (Fsp3) is 0.364. The minimum atomic E-state index is -0.0302. The van der Waals surface area contributed by atoms with Crippen molar-refractivity contribution in [1.82, 2.24) is 4.90 Å². The van der Waals surface area contributed by atoms with Gasteiger partial charge in [-0.05, 0) is 36.6 Å². The van der Waals surface area contributed by atoms with Crippen LogP contribution in [0.1, 0.15) is 48.2 Å². The molecule has 2 rings (SSSR count). The molecule has 0 bridgehead atoms. The quantitative estimate of drug-likeness (QED) is 0.633. The normalized spacial score (nSPS) is 10.4. The molecule has 26 heavy (non-hydrogen) atoms. The Hall–Kier alpha value is -2.62. The zero-order chi connectivity index (χ0) is 18.9. The van der Waals surface area contributed by atoms with Gasteiger partial charge >= 0.3 is 0 Å². The van der Waals surface area contributed by atoms with Crippen molar-refractivity contribution in [2.75, 3.05) is 13.7 Å². The van der Waals surface area contributed by atoms with Gasteiger partial charge in [-0.3, -0.25) is 9.59 Å². The van der Waals surface area contributed by atoms with E-state index in [2.05, 4.69) is 6.92 Å². The van der Waals surface area contributed by atoms with Gasteiger partial charge in [0.2, 0.25) is 5.91 Å². The van der Waals surface area contributed by atoms with Crippen molar-refractivity contribution in [3.8, 4) is 5.75 Å². The van der Waals surface area contributed by atoms with E-state index in [1.165, 1.54) is 5.56 Å². The highest BCUT2D eigenvalue weighted by atomic mass is 16.5. The van der Waals surface area contributed by atoms with Gasteiger partial charge in [0.05, 0.1) is 6.61 Å². The highest BCUT2D eigenvalue weighted by Gasteiger charge is 2.13. The van der Waals surface area contributed by atoms with Gasteiger partial charge in [0.1, 0.15) is 5.75 Å². The van der Waals surface area contributed by atoms with Crippen LogP contribution in [0.2, 0.25) is 0 Å². The number of ether oxygens (including phenoxy) is 1. The summed E-state index contributed by atoms with van der Waals surface area (Å²) in [5.74, 6) is 0.804. The average molecular weight is 353 g/mol. The van der Waals surface area contributed by atoms with Crippen molar-refractivity contribution in [3.05, 3.63) is 65.2 Å². The molecule has 1 amide bonds. The lowest BCUT2D eigenvalue weighted by Crippen LogP contribution is -2.26. The summed E-state index contributed by atoms with van der Waals surface area (Å²) in [7, 11) is 1.76. The van der Waals surface area contributed by atoms with Crippen molar-refractivity contribution in [2.45, 2.75) is 39.7 Å². The zero-order valence-electron chi connectivity index (χ0n) is 15.8. The number of hydrogen-bond acceptors (Lipinski definition) is 3. The molecule has 4 nitrogen and oxygen atoms in total. The molecule has 0 saturated carbocycles. The fourth-order valence-electron chi connectivity index (χ4n) is 2.70. The lowest BCUT2D eigenvalue weighted by Gasteiger charge is -2.17. The van der Waals surface area contributed by atoms with Crippen molar-refractivity contribution < 1.29 is 14.3 Å². The Morgan fingerprint density at radius 1 is 0.885 bits per heavy atom.